The zero-order valence-electron chi connectivity index (χ0n) is 23.5. The number of rotatable bonds is 0. The summed E-state index contributed by atoms with van der Waals surface area (Å²) in [7, 11) is -3.99. The third-order valence-corrected chi connectivity index (χ3v) is 12.2. The minimum Gasteiger partial charge on any atom is -0.490 e. The lowest BCUT2D eigenvalue weighted by molar-refractivity contribution is 0.0455. The van der Waals surface area contributed by atoms with Gasteiger partial charge in [0.1, 0.15) is 11.0 Å². The van der Waals surface area contributed by atoms with Gasteiger partial charge in [-0.3, -0.25) is 4.79 Å². The van der Waals surface area contributed by atoms with Gasteiger partial charge in [-0.15, -0.1) is 0 Å². The molecule has 224 valence electrons. The molecule has 6 atom stereocenters. The number of sulfonamides is 1. The smallest absolute Gasteiger partial charge is 0.264 e. The molecule has 2 bridgehead atoms. The van der Waals surface area contributed by atoms with Gasteiger partial charge in [-0.25, -0.2) is 13.1 Å². The number of carbonyl (C=O) groups is 1. The number of aliphatic hydroxyl groups is 1. The Kier molecular flexibility index (Phi) is 7.28. The molecule has 3 aliphatic heterocycles. The number of fused-ring (bicyclic) bond motifs is 5. The van der Waals surface area contributed by atoms with Crippen molar-refractivity contribution in [3.05, 3.63) is 70.3 Å². The van der Waals surface area contributed by atoms with E-state index in [4.69, 9.17) is 21.1 Å². The summed E-state index contributed by atoms with van der Waals surface area (Å²) in [5.74, 6) is 0.119. The fourth-order valence-corrected chi connectivity index (χ4v) is 9.44. The van der Waals surface area contributed by atoms with Gasteiger partial charge < -0.3 is 19.5 Å². The fraction of sp³-hybridized carbons (Fsp3) is 0.531. The van der Waals surface area contributed by atoms with E-state index in [0.717, 1.165) is 42.8 Å². The lowest BCUT2D eigenvalue weighted by Crippen LogP contribution is -2.49. The number of anilines is 1. The molecule has 2 aromatic rings. The zero-order chi connectivity index (χ0) is 29.1. The number of carbonyl (C=O) groups excluding carboxylic acids is 1. The van der Waals surface area contributed by atoms with E-state index in [9.17, 15) is 18.3 Å². The standard InChI is InChI=1S/C32H37ClN2O6S/c33-24-8-10-26-20(13-24)4-2-12-32(26)18-35-15-22-6-9-25(22)28(36)5-1-3-23-16-40-17-30(23)42(38,39)34-31(37)21-7-11-29(41-19-32)27(35)14-21/h1,5,7-8,10-11,13-14,22-23,25,28,30,36H,2-4,6,9,12,15-19H2,(H,34,37)/b5-1-/t22-,23-,25+,28-,30-,32-/m0/s1. The zero-order valence-corrected chi connectivity index (χ0v) is 25.1. The first kappa shape index (κ1) is 28.2. The van der Waals surface area contributed by atoms with Gasteiger partial charge in [0, 0.05) is 35.0 Å². The second kappa shape index (κ2) is 10.8. The van der Waals surface area contributed by atoms with Crippen molar-refractivity contribution < 1.29 is 27.8 Å². The summed E-state index contributed by atoms with van der Waals surface area (Å²) in [4.78, 5) is 15.7. The van der Waals surface area contributed by atoms with Gasteiger partial charge in [-0.2, -0.15) is 0 Å². The molecule has 0 unspecified atom stereocenters. The lowest BCUT2D eigenvalue weighted by atomic mass is 9.68. The minimum absolute atomic E-state index is 0.0367. The molecule has 7 rings (SSSR count). The summed E-state index contributed by atoms with van der Waals surface area (Å²) >= 11 is 6.38. The Bertz CT molecular complexity index is 1530. The third-order valence-electron chi connectivity index (χ3n) is 10.2. The summed E-state index contributed by atoms with van der Waals surface area (Å²) in [5.41, 5.74) is 3.29. The monoisotopic (exact) mass is 612 g/mol. The highest BCUT2D eigenvalue weighted by Crippen LogP contribution is 2.46. The first-order chi connectivity index (χ1) is 20.2. The van der Waals surface area contributed by atoms with Gasteiger partial charge in [0.15, 0.2) is 0 Å². The van der Waals surface area contributed by atoms with Crippen LogP contribution in [0.3, 0.4) is 0 Å². The number of aryl methyl sites for hydroxylation is 1. The van der Waals surface area contributed by atoms with E-state index in [1.54, 1.807) is 18.2 Å². The Morgan fingerprint density at radius 2 is 1.98 bits per heavy atom. The SMILES string of the molecule is O=C1NS(=O)(=O)[C@H]2COC[C@@H]2C/C=C\[C@H](O)[C@@H]2CC[C@H]2CN2C[C@@]3(CCCc4cc(Cl)ccc43)COc3ccc1cc32. The predicted octanol–water partition coefficient (Wildman–Crippen LogP) is 4.23. The molecule has 2 N–H and O–H groups in total. The van der Waals surface area contributed by atoms with Crippen LogP contribution in [0, 0.1) is 17.8 Å². The largest absolute Gasteiger partial charge is 0.490 e. The third kappa shape index (κ3) is 5.02. The van der Waals surface area contributed by atoms with Crippen LogP contribution in [-0.4, -0.2) is 63.7 Å². The van der Waals surface area contributed by atoms with Gasteiger partial charge in [-0.1, -0.05) is 29.8 Å². The number of halogens is 1. The van der Waals surface area contributed by atoms with Crippen molar-refractivity contribution in [3.63, 3.8) is 0 Å². The second-order valence-electron chi connectivity index (χ2n) is 12.8. The van der Waals surface area contributed by atoms with Crippen molar-refractivity contribution in [2.75, 3.05) is 37.8 Å². The number of ether oxygens (including phenoxy) is 2. The van der Waals surface area contributed by atoms with Gasteiger partial charge in [0.05, 0.1) is 31.6 Å². The van der Waals surface area contributed by atoms with Gasteiger partial charge >= 0.3 is 0 Å². The molecule has 1 spiro atoms. The van der Waals surface area contributed by atoms with Crippen LogP contribution < -0.4 is 14.4 Å². The van der Waals surface area contributed by atoms with Crippen molar-refractivity contribution in [1.82, 2.24) is 4.72 Å². The van der Waals surface area contributed by atoms with E-state index in [-0.39, 0.29) is 35.3 Å². The molecule has 2 aliphatic carbocycles. The molecule has 0 aromatic heterocycles. The van der Waals surface area contributed by atoms with Gasteiger partial charge in [0.25, 0.3) is 5.91 Å². The Balaban J connectivity index is 1.29. The molecule has 0 radical (unpaired) electrons. The molecule has 10 heteroatoms. The van der Waals surface area contributed by atoms with Crippen LogP contribution in [0.5, 0.6) is 5.75 Å². The number of amides is 1. The molecule has 1 amide bonds. The van der Waals surface area contributed by atoms with Crippen molar-refractivity contribution >= 4 is 33.2 Å². The van der Waals surface area contributed by atoms with Crippen LogP contribution in [0.1, 0.15) is 53.6 Å². The van der Waals surface area contributed by atoms with Crippen LogP contribution in [0.15, 0.2) is 48.6 Å². The predicted molar refractivity (Wildman–Crippen MR) is 161 cm³/mol. The lowest BCUT2D eigenvalue weighted by Gasteiger charge is -2.45. The van der Waals surface area contributed by atoms with Gasteiger partial charge in [0.2, 0.25) is 10.0 Å². The van der Waals surface area contributed by atoms with E-state index in [1.165, 1.54) is 11.1 Å². The van der Waals surface area contributed by atoms with Gasteiger partial charge in [-0.05, 0) is 91.8 Å². The van der Waals surface area contributed by atoms with Crippen molar-refractivity contribution in [2.24, 2.45) is 17.8 Å². The van der Waals surface area contributed by atoms with Crippen molar-refractivity contribution in [1.29, 1.82) is 0 Å². The fourth-order valence-electron chi connectivity index (χ4n) is 7.75. The maximum atomic E-state index is 13.4. The first-order valence-electron chi connectivity index (χ1n) is 15.0. The quantitative estimate of drug-likeness (QED) is 0.429. The summed E-state index contributed by atoms with van der Waals surface area (Å²) in [6.07, 6.45) is 8.47. The van der Waals surface area contributed by atoms with E-state index in [0.29, 0.717) is 38.5 Å². The average Bonchev–Trinajstić information content (AvgIpc) is 3.37. The first-order valence-corrected chi connectivity index (χ1v) is 16.9. The number of hydrogen-bond donors (Lipinski definition) is 2. The molecule has 5 aliphatic rings. The van der Waals surface area contributed by atoms with Crippen molar-refractivity contribution in [3.8, 4) is 5.75 Å². The van der Waals surface area contributed by atoms with E-state index < -0.39 is 27.3 Å². The van der Waals surface area contributed by atoms with Crippen LogP contribution in [0.4, 0.5) is 5.69 Å². The highest BCUT2D eigenvalue weighted by Gasteiger charge is 2.45. The summed E-state index contributed by atoms with van der Waals surface area (Å²) in [6, 6.07) is 11.3. The van der Waals surface area contributed by atoms with Crippen molar-refractivity contribution in [2.45, 2.75) is 55.3 Å². The maximum absolute atomic E-state index is 13.4. The highest BCUT2D eigenvalue weighted by atomic mass is 35.5. The number of benzene rings is 2. The molecule has 2 aromatic carbocycles. The molecule has 42 heavy (non-hydrogen) atoms. The summed E-state index contributed by atoms with van der Waals surface area (Å²) in [5, 5.41) is 11.0. The Morgan fingerprint density at radius 1 is 1.10 bits per heavy atom. The van der Waals surface area contributed by atoms with E-state index >= 15 is 0 Å². The number of allylic oxidation sites excluding steroid dienone is 1. The molecule has 3 heterocycles. The summed E-state index contributed by atoms with van der Waals surface area (Å²) < 4.78 is 41.0. The number of aliphatic hydroxyl groups excluding tert-OH is 1. The maximum Gasteiger partial charge on any atom is 0.264 e. The Labute approximate surface area is 252 Å². The normalized spacial score (nSPS) is 34.6. The molecule has 1 saturated heterocycles. The molecule has 1 saturated carbocycles. The molecular formula is C32H37ClN2O6S. The molecule has 8 nitrogen and oxygen atoms in total. The Morgan fingerprint density at radius 3 is 2.81 bits per heavy atom. The second-order valence-corrected chi connectivity index (χ2v) is 15.1. The minimum atomic E-state index is -3.99. The average molecular weight is 613 g/mol. The van der Waals surface area contributed by atoms with E-state index in [1.807, 2.05) is 18.2 Å². The van der Waals surface area contributed by atoms with Crippen LogP contribution >= 0.6 is 11.6 Å². The topological polar surface area (TPSA) is 105 Å². The van der Waals surface area contributed by atoms with Crippen LogP contribution in [-0.2, 0) is 26.6 Å². The Hall–Kier alpha value is -2.59. The summed E-state index contributed by atoms with van der Waals surface area (Å²) in [6.45, 7) is 2.23. The molecular weight excluding hydrogens is 576 g/mol. The van der Waals surface area contributed by atoms with E-state index in [2.05, 4.69) is 21.8 Å². The number of hydrogen-bond acceptors (Lipinski definition) is 7. The number of nitrogens with one attached hydrogen (secondary N) is 1. The van der Waals surface area contributed by atoms with Crippen LogP contribution in [0.2, 0.25) is 5.02 Å². The number of nitrogens with zero attached hydrogens (tertiary/aromatic N) is 1. The van der Waals surface area contributed by atoms with Crippen LogP contribution in [0.25, 0.3) is 0 Å². The molecule has 2 fully saturated rings. The highest BCUT2D eigenvalue weighted by molar-refractivity contribution is 7.90.